The Morgan fingerprint density at radius 1 is 1.47 bits per heavy atom. The van der Waals surface area contributed by atoms with Gasteiger partial charge >= 0.3 is 11.8 Å². The van der Waals surface area contributed by atoms with Crippen molar-refractivity contribution in [2.75, 3.05) is 0 Å². The maximum Gasteiger partial charge on any atom is 0.389 e. The zero-order valence-corrected chi connectivity index (χ0v) is 9.49. The lowest BCUT2D eigenvalue weighted by atomic mass is 10.1. The maximum absolute atomic E-state index is 13.5. The smallest absolute Gasteiger partial charge is 0.389 e. The molecule has 0 fully saturated rings. The highest BCUT2D eigenvalue weighted by molar-refractivity contribution is 5.87. The van der Waals surface area contributed by atoms with Crippen LogP contribution in [0.1, 0.15) is 15.9 Å². The monoisotopic (exact) mass is 265 g/mol. The van der Waals surface area contributed by atoms with Gasteiger partial charge in [0, 0.05) is 5.56 Å². The number of hydrogen-bond acceptors (Lipinski definition) is 4. The number of hydrogen-bond donors (Lipinski definition) is 1. The Balaban J connectivity index is 2.29. The molecule has 7 nitrogen and oxygen atoms in total. The van der Waals surface area contributed by atoms with Crippen molar-refractivity contribution in [3.05, 3.63) is 57.5 Å². The van der Waals surface area contributed by atoms with Crippen LogP contribution in [0.3, 0.4) is 0 Å². The van der Waals surface area contributed by atoms with E-state index in [2.05, 4.69) is 5.10 Å². The van der Waals surface area contributed by atoms with Crippen molar-refractivity contribution in [2.45, 2.75) is 6.54 Å². The average molecular weight is 265 g/mol. The van der Waals surface area contributed by atoms with Gasteiger partial charge in [-0.25, -0.2) is 9.18 Å². The van der Waals surface area contributed by atoms with Crippen molar-refractivity contribution in [3.8, 4) is 0 Å². The molecule has 1 heterocycles. The van der Waals surface area contributed by atoms with Gasteiger partial charge in [-0.15, -0.1) is 0 Å². The van der Waals surface area contributed by atoms with Crippen LogP contribution in [-0.4, -0.2) is 25.8 Å². The van der Waals surface area contributed by atoms with Gasteiger partial charge in [0.15, 0.2) is 0 Å². The van der Waals surface area contributed by atoms with Crippen LogP contribution in [0.4, 0.5) is 10.2 Å². The van der Waals surface area contributed by atoms with Crippen molar-refractivity contribution in [3.63, 3.8) is 0 Å². The standard InChI is InChI=1S/C11H8FN3O4/c12-9-2-1-7(11(16)17)5-8(9)6-14-4-3-10(13-14)15(18)19/h1-5H,6H2,(H,16,17). The molecule has 0 atom stereocenters. The Morgan fingerprint density at radius 2 is 2.21 bits per heavy atom. The first-order valence-electron chi connectivity index (χ1n) is 5.17. The van der Waals surface area contributed by atoms with Crippen molar-refractivity contribution in [1.82, 2.24) is 9.78 Å². The highest BCUT2D eigenvalue weighted by Gasteiger charge is 2.14. The predicted octanol–water partition coefficient (Wildman–Crippen LogP) is 1.68. The Bertz CT molecular complexity index is 653. The number of carboxylic acid groups (broad SMARTS) is 1. The van der Waals surface area contributed by atoms with Crippen molar-refractivity contribution in [2.24, 2.45) is 0 Å². The van der Waals surface area contributed by atoms with E-state index in [1.807, 2.05) is 0 Å². The van der Waals surface area contributed by atoms with Crippen LogP contribution in [-0.2, 0) is 6.54 Å². The first kappa shape index (κ1) is 12.7. The highest BCUT2D eigenvalue weighted by Crippen LogP contribution is 2.13. The quantitative estimate of drug-likeness (QED) is 0.669. The van der Waals surface area contributed by atoms with Gasteiger partial charge in [0.2, 0.25) is 0 Å². The summed E-state index contributed by atoms with van der Waals surface area (Å²) in [4.78, 5) is 20.6. The Morgan fingerprint density at radius 3 is 2.79 bits per heavy atom. The number of halogens is 1. The average Bonchev–Trinajstić information content (AvgIpc) is 2.80. The molecular weight excluding hydrogens is 257 g/mol. The summed E-state index contributed by atoms with van der Waals surface area (Å²) >= 11 is 0. The molecule has 0 unspecified atom stereocenters. The summed E-state index contributed by atoms with van der Waals surface area (Å²) in [6, 6.07) is 4.54. The molecular formula is C11H8FN3O4. The first-order chi connectivity index (χ1) is 8.97. The van der Waals surface area contributed by atoms with E-state index in [0.717, 1.165) is 12.1 Å². The maximum atomic E-state index is 13.5. The van der Waals surface area contributed by atoms with E-state index < -0.39 is 16.7 Å². The zero-order chi connectivity index (χ0) is 14.0. The Kier molecular flexibility index (Phi) is 3.23. The lowest BCUT2D eigenvalue weighted by Gasteiger charge is -2.02. The molecule has 1 aromatic carbocycles. The summed E-state index contributed by atoms with van der Waals surface area (Å²) in [6.07, 6.45) is 1.32. The molecule has 0 aliphatic rings. The fourth-order valence-electron chi connectivity index (χ4n) is 1.54. The van der Waals surface area contributed by atoms with Gasteiger partial charge in [-0.3, -0.25) is 0 Å². The van der Waals surface area contributed by atoms with E-state index in [4.69, 9.17) is 5.11 Å². The molecule has 2 aromatic rings. The third-order valence-corrected chi connectivity index (χ3v) is 2.44. The molecule has 0 amide bonds. The number of nitro groups is 1. The van der Waals surface area contributed by atoms with Crippen LogP contribution in [0.25, 0.3) is 0 Å². The molecule has 0 spiro atoms. The molecule has 1 N–H and O–H groups in total. The van der Waals surface area contributed by atoms with Crippen LogP contribution in [0.5, 0.6) is 0 Å². The van der Waals surface area contributed by atoms with Crippen LogP contribution < -0.4 is 0 Å². The molecule has 0 radical (unpaired) electrons. The molecule has 0 bridgehead atoms. The summed E-state index contributed by atoms with van der Waals surface area (Å²) in [7, 11) is 0. The fourth-order valence-corrected chi connectivity index (χ4v) is 1.54. The molecule has 19 heavy (non-hydrogen) atoms. The fraction of sp³-hybridized carbons (Fsp3) is 0.0909. The van der Waals surface area contributed by atoms with Gasteiger partial charge in [0.25, 0.3) is 0 Å². The second-order valence-electron chi connectivity index (χ2n) is 3.74. The van der Waals surface area contributed by atoms with Crippen LogP contribution in [0.15, 0.2) is 30.5 Å². The number of rotatable bonds is 4. The van der Waals surface area contributed by atoms with Gasteiger partial charge in [0.05, 0.1) is 29.5 Å². The number of carbonyl (C=O) groups is 1. The predicted molar refractivity (Wildman–Crippen MR) is 61.3 cm³/mol. The second-order valence-corrected chi connectivity index (χ2v) is 3.74. The lowest BCUT2D eigenvalue weighted by molar-refractivity contribution is -0.389. The first-order valence-corrected chi connectivity index (χ1v) is 5.17. The van der Waals surface area contributed by atoms with E-state index in [9.17, 15) is 19.3 Å². The van der Waals surface area contributed by atoms with Crippen molar-refractivity contribution in [1.29, 1.82) is 0 Å². The number of aromatic carboxylic acids is 1. The molecule has 0 aliphatic carbocycles. The largest absolute Gasteiger partial charge is 0.478 e. The van der Waals surface area contributed by atoms with Crippen LogP contribution in [0, 0.1) is 15.9 Å². The summed E-state index contributed by atoms with van der Waals surface area (Å²) in [6.45, 7) is -0.0825. The third kappa shape index (κ3) is 2.73. The molecule has 0 aliphatic heterocycles. The third-order valence-electron chi connectivity index (χ3n) is 2.44. The molecule has 0 saturated carbocycles. The number of nitrogens with zero attached hydrogens (tertiary/aromatic N) is 3. The van der Waals surface area contributed by atoms with Gasteiger partial charge in [-0.2, -0.15) is 4.68 Å². The molecule has 2 rings (SSSR count). The van der Waals surface area contributed by atoms with Gasteiger partial charge in [0.1, 0.15) is 5.82 Å². The summed E-state index contributed by atoms with van der Waals surface area (Å²) in [5.74, 6) is -2.12. The number of aromatic nitrogens is 2. The number of benzene rings is 1. The topological polar surface area (TPSA) is 98.3 Å². The Hall–Kier alpha value is -2.77. The van der Waals surface area contributed by atoms with E-state index in [1.54, 1.807) is 0 Å². The minimum absolute atomic E-state index is 0.0574. The van der Waals surface area contributed by atoms with Crippen LogP contribution in [0.2, 0.25) is 0 Å². The van der Waals surface area contributed by atoms with E-state index >= 15 is 0 Å². The van der Waals surface area contributed by atoms with E-state index in [1.165, 1.54) is 23.0 Å². The van der Waals surface area contributed by atoms with Gasteiger partial charge in [-0.05, 0) is 23.1 Å². The van der Waals surface area contributed by atoms with Gasteiger partial charge in [-0.1, -0.05) is 0 Å². The summed E-state index contributed by atoms with van der Waals surface area (Å²) in [5, 5.41) is 22.9. The normalized spacial score (nSPS) is 10.4. The van der Waals surface area contributed by atoms with Crippen molar-refractivity contribution < 1.29 is 19.2 Å². The van der Waals surface area contributed by atoms with Crippen LogP contribution >= 0.6 is 0 Å². The lowest BCUT2D eigenvalue weighted by Crippen LogP contribution is -2.06. The summed E-state index contributed by atoms with van der Waals surface area (Å²) < 4.78 is 14.7. The SMILES string of the molecule is O=C(O)c1ccc(F)c(Cn2ccc([N+](=O)[O-])n2)c1. The Labute approximate surface area is 106 Å². The second kappa shape index (κ2) is 4.84. The molecule has 98 valence electrons. The minimum atomic E-state index is -1.17. The summed E-state index contributed by atoms with van der Waals surface area (Å²) in [5.41, 5.74) is 0.0379. The molecule has 8 heteroatoms. The van der Waals surface area contributed by atoms with E-state index in [-0.39, 0.29) is 23.5 Å². The number of carboxylic acids is 1. The highest BCUT2D eigenvalue weighted by atomic mass is 19.1. The van der Waals surface area contributed by atoms with Crippen molar-refractivity contribution >= 4 is 11.8 Å². The van der Waals surface area contributed by atoms with Gasteiger partial charge < -0.3 is 15.2 Å². The molecule has 1 aromatic heterocycles. The minimum Gasteiger partial charge on any atom is -0.478 e. The van der Waals surface area contributed by atoms with E-state index in [0.29, 0.717) is 0 Å². The zero-order valence-electron chi connectivity index (χ0n) is 9.49. The molecule has 0 saturated heterocycles.